The summed E-state index contributed by atoms with van der Waals surface area (Å²) in [6.07, 6.45) is -0.422. The second-order valence-corrected chi connectivity index (χ2v) is 13.1. The molecule has 0 saturated carbocycles. The van der Waals surface area contributed by atoms with Crippen LogP contribution < -0.4 is 0 Å². The van der Waals surface area contributed by atoms with Crippen LogP contribution in [0.1, 0.15) is 72.1 Å². The largest absolute Gasteiger partial charge is 0.478 e. The number of hydrogen-bond acceptors (Lipinski definition) is 7. The van der Waals surface area contributed by atoms with Gasteiger partial charge in [-0.1, -0.05) is 84.9 Å². The minimum Gasteiger partial charge on any atom is -0.478 e. The fraction of sp³-hybridized carbons (Fsp3) is 0.175. The number of nitrogens with zero attached hydrogens (tertiary/aromatic N) is 1. The summed E-state index contributed by atoms with van der Waals surface area (Å²) in [5.74, 6) is -0.897. The van der Waals surface area contributed by atoms with Crippen molar-refractivity contribution in [1.82, 2.24) is 4.90 Å². The Morgan fingerprint density at radius 2 is 1.35 bits per heavy atom. The molecule has 2 amide bonds. The maximum Gasteiger partial charge on any atom is 0.335 e. The molecule has 7 rings (SSSR count). The van der Waals surface area contributed by atoms with Crippen molar-refractivity contribution in [2.45, 2.75) is 43.0 Å². The lowest BCUT2D eigenvalue weighted by Gasteiger charge is -2.36. The molecule has 0 aliphatic carbocycles. The van der Waals surface area contributed by atoms with Crippen LogP contribution in [0.4, 0.5) is 0 Å². The number of benzene rings is 5. The Kier molecular flexibility index (Phi) is 9.41. The van der Waals surface area contributed by atoms with Gasteiger partial charge in [-0.2, -0.15) is 0 Å². The van der Waals surface area contributed by atoms with E-state index in [0.717, 1.165) is 38.3 Å². The number of imide groups is 1. The first kappa shape index (κ1) is 32.5. The van der Waals surface area contributed by atoms with E-state index in [0.29, 0.717) is 23.3 Å². The number of thioether (sulfide) groups is 1. The zero-order valence-electron chi connectivity index (χ0n) is 26.4. The first-order chi connectivity index (χ1) is 23.9. The number of ether oxygens (including phenoxy) is 2. The Morgan fingerprint density at radius 3 is 1.98 bits per heavy atom. The molecule has 2 heterocycles. The zero-order valence-corrected chi connectivity index (χ0v) is 27.2. The summed E-state index contributed by atoms with van der Waals surface area (Å²) in [7, 11) is 0. The van der Waals surface area contributed by atoms with Crippen molar-refractivity contribution in [2.24, 2.45) is 0 Å². The maximum absolute atomic E-state index is 13.1. The molecule has 0 bridgehead atoms. The highest BCUT2D eigenvalue weighted by Crippen LogP contribution is 2.40. The van der Waals surface area contributed by atoms with Crippen LogP contribution in [0.25, 0.3) is 11.1 Å². The lowest BCUT2D eigenvalue weighted by atomic mass is 9.97. The number of aliphatic hydroxyl groups excluding tert-OH is 1. The van der Waals surface area contributed by atoms with Gasteiger partial charge in [0.2, 0.25) is 0 Å². The van der Waals surface area contributed by atoms with E-state index in [4.69, 9.17) is 9.47 Å². The van der Waals surface area contributed by atoms with Gasteiger partial charge in [-0.05, 0) is 64.2 Å². The van der Waals surface area contributed by atoms with Gasteiger partial charge >= 0.3 is 5.97 Å². The smallest absolute Gasteiger partial charge is 0.335 e. The van der Waals surface area contributed by atoms with E-state index in [9.17, 15) is 24.6 Å². The lowest BCUT2D eigenvalue weighted by molar-refractivity contribution is -0.245. The molecule has 246 valence electrons. The van der Waals surface area contributed by atoms with Gasteiger partial charge in [0, 0.05) is 22.6 Å². The normalized spacial score (nSPS) is 18.8. The van der Waals surface area contributed by atoms with E-state index in [-0.39, 0.29) is 42.7 Å². The fourth-order valence-corrected chi connectivity index (χ4v) is 7.14. The first-order valence-corrected chi connectivity index (χ1v) is 17.0. The molecule has 5 aromatic rings. The van der Waals surface area contributed by atoms with Gasteiger partial charge in [0.05, 0.1) is 42.0 Å². The number of amides is 2. The summed E-state index contributed by atoms with van der Waals surface area (Å²) >= 11 is 1.60. The molecule has 2 aliphatic rings. The molecule has 0 aromatic heterocycles. The van der Waals surface area contributed by atoms with Gasteiger partial charge in [0.1, 0.15) is 0 Å². The second kappa shape index (κ2) is 14.2. The Labute approximate surface area is 287 Å². The summed E-state index contributed by atoms with van der Waals surface area (Å²) in [6.45, 7) is 0.125. The summed E-state index contributed by atoms with van der Waals surface area (Å²) in [4.78, 5) is 39.7. The van der Waals surface area contributed by atoms with Gasteiger partial charge in [0.25, 0.3) is 11.8 Å². The molecule has 0 radical (unpaired) electrons. The van der Waals surface area contributed by atoms with Crippen molar-refractivity contribution in [2.75, 3.05) is 5.75 Å². The monoisotopic (exact) mass is 671 g/mol. The Balaban J connectivity index is 1.10. The van der Waals surface area contributed by atoms with Crippen molar-refractivity contribution in [3.8, 4) is 11.1 Å². The number of aliphatic hydroxyl groups is 1. The topological polar surface area (TPSA) is 113 Å². The number of aromatic carboxylic acids is 1. The van der Waals surface area contributed by atoms with Crippen molar-refractivity contribution >= 4 is 29.5 Å². The van der Waals surface area contributed by atoms with Crippen molar-refractivity contribution in [3.05, 3.63) is 160 Å². The van der Waals surface area contributed by atoms with Gasteiger partial charge in [0.15, 0.2) is 6.29 Å². The lowest BCUT2D eigenvalue weighted by Crippen LogP contribution is -2.31. The SMILES string of the molecule is O=C(O)c1ccc(SC[C@H]2C[C@@H](c3ccc(CO)cc3)O[C@@H](c3ccc(-c4ccccc4CN4C(=O)c5ccccc5C4=O)cc3)O2)cc1. The third-order valence-electron chi connectivity index (χ3n) is 8.87. The number of carboxylic acid groups (broad SMARTS) is 1. The number of carboxylic acids is 1. The number of carbonyl (C=O) groups excluding carboxylic acids is 2. The minimum atomic E-state index is -0.959. The van der Waals surface area contributed by atoms with Crippen LogP contribution in [0, 0.1) is 0 Å². The van der Waals surface area contributed by atoms with Crippen LogP contribution in [0.5, 0.6) is 0 Å². The minimum absolute atomic E-state index is 0.0365. The molecule has 1 saturated heterocycles. The molecule has 0 spiro atoms. The average Bonchev–Trinajstić information content (AvgIpc) is 3.39. The van der Waals surface area contributed by atoms with Gasteiger partial charge in [-0.3, -0.25) is 14.5 Å². The molecule has 2 aliphatic heterocycles. The summed E-state index contributed by atoms with van der Waals surface area (Å²) in [6, 6.07) is 37.2. The number of fused-ring (bicyclic) bond motifs is 1. The van der Waals surface area contributed by atoms with Crippen molar-refractivity contribution in [1.29, 1.82) is 0 Å². The van der Waals surface area contributed by atoms with E-state index in [1.54, 1.807) is 60.3 Å². The molecule has 1 fully saturated rings. The summed E-state index contributed by atoms with van der Waals surface area (Å²) < 4.78 is 13.0. The molecule has 5 aromatic carbocycles. The van der Waals surface area contributed by atoms with Gasteiger partial charge in [-0.15, -0.1) is 11.8 Å². The highest BCUT2D eigenvalue weighted by molar-refractivity contribution is 7.99. The molecule has 9 heteroatoms. The Bertz CT molecular complexity index is 1960. The third kappa shape index (κ3) is 6.93. The van der Waals surface area contributed by atoms with E-state index in [2.05, 4.69) is 0 Å². The second-order valence-electron chi connectivity index (χ2n) is 12.0. The maximum atomic E-state index is 13.1. The highest BCUT2D eigenvalue weighted by Gasteiger charge is 2.36. The standard InChI is InChI=1S/C40H33NO7S/c42-23-25-9-11-27(12-10-25)36-21-31(24-49-32-19-17-28(18-20-32)39(45)46)47-40(48-36)29-15-13-26(14-16-29)33-6-2-1-5-30(33)22-41-37(43)34-7-3-4-8-35(34)38(41)44/h1-20,31,36,40,42H,21-24H2,(H,45,46)/t31-,36+,40+/m1/s1. The van der Waals surface area contributed by atoms with E-state index < -0.39 is 12.3 Å². The van der Waals surface area contributed by atoms with Gasteiger partial charge < -0.3 is 19.7 Å². The molecule has 2 N–H and O–H groups in total. The molecule has 0 unspecified atom stereocenters. The Hall–Kier alpha value is -5.06. The van der Waals surface area contributed by atoms with Crippen LogP contribution in [0.15, 0.2) is 126 Å². The van der Waals surface area contributed by atoms with E-state index in [1.165, 1.54) is 4.90 Å². The van der Waals surface area contributed by atoms with Crippen molar-refractivity contribution < 1.29 is 34.1 Å². The predicted octanol–water partition coefficient (Wildman–Crippen LogP) is 7.68. The van der Waals surface area contributed by atoms with Crippen LogP contribution in [0.2, 0.25) is 0 Å². The van der Waals surface area contributed by atoms with Gasteiger partial charge in [-0.25, -0.2) is 4.79 Å². The van der Waals surface area contributed by atoms with Crippen LogP contribution in [-0.4, -0.2) is 44.8 Å². The molecular formula is C40H33NO7S. The first-order valence-electron chi connectivity index (χ1n) is 16.0. The van der Waals surface area contributed by atoms with Crippen molar-refractivity contribution in [3.63, 3.8) is 0 Å². The predicted molar refractivity (Wildman–Crippen MR) is 185 cm³/mol. The third-order valence-corrected chi connectivity index (χ3v) is 10.0. The molecular weight excluding hydrogens is 639 g/mol. The molecule has 49 heavy (non-hydrogen) atoms. The molecule has 8 nitrogen and oxygen atoms in total. The summed E-state index contributed by atoms with van der Waals surface area (Å²) in [5.41, 5.74) is 6.46. The molecule has 3 atom stereocenters. The quantitative estimate of drug-likeness (QED) is 0.115. The number of hydrogen-bond donors (Lipinski definition) is 2. The van der Waals surface area contributed by atoms with E-state index >= 15 is 0 Å². The average molecular weight is 672 g/mol. The highest BCUT2D eigenvalue weighted by atomic mass is 32.2. The summed E-state index contributed by atoms with van der Waals surface area (Å²) in [5, 5.41) is 18.8. The van der Waals surface area contributed by atoms with Crippen LogP contribution in [-0.2, 0) is 22.6 Å². The number of rotatable bonds is 10. The van der Waals surface area contributed by atoms with Crippen LogP contribution in [0.3, 0.4) is 0 Å². The van der Waals surface area contributed by atoms with E-state index in [1.807, 2.05) is 72.8 Å². The Morgan fingerprint density at radius 1 is 0.735 bits per heavy atom. The van der Waals surface area contributed by atoms with Crippen LogP contribution >= 0.6 is 11.8 Å². The number of carbonyl (C=O) groups is 3. The fourth-order valence-electron chi connectivity index (χ4n) is 6.22. The zero-order chi connectivity index (χ0) is 33.9.